The third-order valence-corrected chi connectivity index (χ3v) is 7.21. The van der Waals surface area contributed by atoms with Crippen LogP contribution in [0.25, 0.3) is 22.2 Å². The molecule has 1 aromatic carbocycles. The highest BCUT2D eigenvalue weighted by Crippen LogP contribution is 2.43. The third-order valence-electron chi connectivity index (χ3n) is 7.21. The average molecular weight is 467 g/mol. The van der Waals surface area contributed by atoms with Crippen molar-refractivity contribution in [3.05, 3.63) is 35.3 Å². The van der Waals surface area contributed by atoms with Crippen LogP contribution in [0.5, 0.6) is 11.8 Å². The Hall–Kier alpha value is -3.00. The van der Waals surface area contributed by atoms with Gasteiger partial charge in [-0.3, -0.25) is 4.98 Å². The number of aromatic nitrogens is 3. The Morgan fingerprint density at radius 3 is 2.82 bits per heavy atom. The minimum absolute atomic E-state index is 0.0631. The van der Waals surface area contributed by atoms with Crippen LogP contribution in [0.4, 0.5) is 10.2 Å². The standard InChI is InChI=1S/C26H31FN4O3/c1-4-15-7-5-8-16-11-17(32)12-18(20(15)16)22-21(27)23-19(13-28-22)24(30-25(29-23)34-3)31-10-6-9-26(2,33)14-31/h11-13,15,32-33H,4-10,14H2,1-3H3. The van der Waals surface area contributed by atoms with Crippen molar-refractivity contribution in [2.75, 3.05) is 25.1 Å². The normalized spacial score (nSPS) is 22.6. The van der Waals surface area contributed by atoms with E-state index in [4.69, 9.17) is 4.74 Å². The van der Waals surface area contributed by atoms with E-state index in [0.717, 1.165) is 43.2 Å². The van der Waals surface area contributed by atoms with Gasteiger partial charge in [-0.15, -0.1) is 0 Å². The SMILES string of the molecule is CCC1CCCc2cc(O)cc(-c3ncc4c(N5CCCC(C)(O)C5)nc(OC)nc4c3F)c21. The first-order valence-corrected chi connectivity index (χ1v) is 12.0. The van der Waals surface area contributed by atoms with E-state index >= 15 is 4.39 Å². The summed E-state index contributed by atoms with van der Waals surface area (Å²) >= 11 is 0. The maximum absolute atomic E-state index is 16.1. The number of aliphatic hydroxyl groups is 1. The van der Waals surface area contributed by atoms with Crippen molar-refractivity contribution in [1.82, 2.24) is 15.0 Å². The molecule has 1 aliphatic carbocycles. The maximum atomic E-state index is 16.1. The molecule has 1 aliphatic heterocycles. The summed E-state index contributed by atoms with van der Waals surface area (Å²) in [5.41, 5.74) is 2.21. The molecule has 2 aliphatic rings. The number of anilines is 1. The van der Waals surface area contributed by atoms with E-state index in [9.17, 15) is 10.2 Å². The van der Waals surface area contributed by atoms with E-state index in [2.05, 4.69) is 21.9 Å². The number of hydrogen-bond acceptors (Lipinski definition) is 7. The molecular formula is C26H31FN4O3. The molecule has 3 aromatic rings. The molecule has 1 fully saturated rings. The number of nitrogens with zero attached hydrogens (tertiary/aromatic N) is 4. The highest BCUT2D eigenvalue weighted by atomic mass is 19.1. The van der Waals surface area contributed by atoms with Gasteiger partial charge in [-0.1, -0.05) is 6.92 Å². The minimum Gasteiger partial charge on any atom is -0.508 e. The topological polar surface area (TPSA) is 91.6 Å². The molecule has 7 nitrogen and oxygen atoms in total. The fraction of sp³-hybridized carbons (Fsp3) is 0.500. The predicted molar refractivity (Wildman–Crippen MR) is 129 cm³/mol. The number of halogens is 1. The molecule has 8 heteroatoms. The molecule has 0 saturated carbocycles. The van der Waals surface area contributed by atoms with Gasteiger partial charge in [0.15, 0.2) is 5.82 Å². The summed E-state index contributed by atoms with van der Waals surface area (Å²) in [6.45, 7) is 5.00. The fourth-order valence-corrected chi connectivity index (χ4v) is 5.62. The van der Waals surface area contributed by atoms with Gasteiger partial charge >= 0.3 is 6.01 Å². The van der Waals surface area contributed by atoms with Crippen LogP contribution < -0.4 is 9.64 Å². The molecule has 0 spiro atoms. The number of phenolic OH excluding ortho intramolecular Hbond substituents is 1. The molecule has 2 unspecified atom stereocenters. The lowest BCUT2D eigenvalue weighted by Crippen LogP contribution is -2.46. The number of aromatic hydroxyl groups is 1. The van der Waals surface area contributed by atoms with Crippen molar-refractivity contribution in [2.24, 2.45) is 0 Å². The first-order valence-electron chi connectivity index (χ1n) is 12.0. The van der Waals surface area contributed by atoms with Crippen molar-refractivity contribution in [3.8, 4) is 23.0 Å². The summed E-state index contributed by atoms with van der Waals surface area (Å²) in [5, 5.41) is 21.5. The smallest absolute Gasteiger partial charge is 0.318 e. The molecule has 0 bridgehead atoms. The molecule has 3 heterocycles. The Morgan fingerprint density at radius 1 is 1.26 bits per heavy atom. The maximum Gasteiger partial charge on any atom is 0.318 e. The molecule has 0 amide bonds. The van der Waals surface area contributed by atoms with Gasteiger partial charge in [-0.25, -0.2) is 4.39 Å². The molecule has 1 saturated heterocycles. The Balaban J connectivity index is 1.71. The fourth-order valence-electron chi connectivity index (χ4n) is 5.62. The van der Waals surface area contributed by atoms with Crippen LogP contribution in [-0.4, -0.2) is 51.0 Å². The zero-order valence-electron chi connectivity index (χ0n) is 19.9. The van der Waals surface area contributed by atoms with E-state index < -0.39 is 11.4 Å². The number of pyridine rings is 1. The van der Waals surface area contributed by atoms with E-state index in [-0.39, 0.29) is 23.0 Å². The molecule has 180 valence electrons. The second-order valence-electron chi connectivity index (χ2n) is 9.80. The lowest BCUT2D eigenvalue weighted by molar-refractivity contribution is 0.0447. The summed E-state index contributed by atoms with van der Waals surface area (Å²) in [6.07, 6.45) is 6.98. The van der Waals surface area contributed by atoms with E-state index in [1.54, 1.807) is 25.3 Å². The summed E-state index contributed by atoms with van der Waals surface area (Å²) in [4.78, 5) is 15.3. The highest BCUT2D eigenvalue weighted by molar-refractivity contribution is 5.92. The third kappa shape index (κ3) is 3.94. The van der Waals surface area contributed by atoms with E-state index in [1.165, 1.54) is 7.11 Å². The second-order valence-corrected chi connectivity index (χ2v) is 9.80. The van der Waals surface area contributed by atoms with Crippen LogP contribution in [0.15, 0.2) is 18.3 Å². The van der Waals surface area contributed by atoms with Gasteiger partial charge in [0.1, 0.15) is 22.8 Å². The van der Waals surface area contributed by atoms with Gasteiger partial charge in [0, 0.05) is 24.8 Å². The van der Waals surface area contributed by atoms with Crippen LogP contribution in [0, 0.1) is 5.82 Å². The molecular weight excluding hydrogens is 435 g/mol. The first kappa shape index (κ1) is 22.8. The lowest BCUT2D eigenvalue weighted by Gasteiger charge is -2.37. The number of fused-ring (bicyclic) bond motifs is 2. The molecule has 5 rings (SSSR count). The molecule has 2 N–H and O–H groups in total. The predicted octanol–water partition coefficient (Wildman–Crippen LogP) is 4.73. The lowest BCUT2D eigenvalue weighted by atomic mass is 9.78. The monoisotopic (exact) mass is 466 g/mol. The molecule has 0 radical (unpaired) electrons. The Kier molecular flexibility index (Phi) is 5.80. The minimum atomic E-state index is -0.857. The van der Waals surface area contributed by atoms with Crippen molar-refractivity contribution >= 4 is 16.7 Å². The summed E-state index contributed by atoms with van der Waals surface area (Å²) < 4.78 is 21.5. The Morgan fingerprint density at radius 2 is 2.09 bits per heavy atom. The first-order chi connectivity index (χ1) is 16.3. The van der Waals surface area contributed by atoms with Crippen LogP contribution in [-0.2, 0) is 6.42 Å². The zero-order chi connectivity index (χ0) is 24.0. The number of benzene rings is 1. The number of aryl methyl sites for hydroxylation is 1. The van der Waals surface area contributed by atoms with E-state index in [1.807, 2.05) is 4.90 Å². The number of piperidine rings is 1. The van der Waals surface area contributed by atoms with Gasteiger partial charge in [0.25, 0.3) is 0 Å². The van der Waals surface area contributed by atoms with Gasteiger partial charge in [-0.2, -0.15) is 9.97 Å². The van der Waals surface area contributed by atoms with Crippen molar-refractivity contribution in [1.29, 1.82) is 0 Å². The zero-order valence-corrected chi connectivity index (χ0v) is 19.9. The number of hydrogen-bond donors (Lipinski definition) is 2. The van der Waals surface area contributed by atoms with Gasteiger partial charge in [0.05, 0.1) is 18.1 Å². The summed E-state index contributed by atoms with van der Waals surface area (Å²) in [6, 6.07) is 3.48. The van der Waals surface area contributed by atoms with Gasteiger partial charge in [-0.05, 0) is 74.6 Å². The largest absolute Gasteiger partial charge is 0.508 e. The summed E-state index contributed by atoms with van der Waals surface area (Å²) in [5.74, 6) is 0.353. The molecule has 2 atom stereocenters. The van der Waals surface area contributed by atoms with Crippen molar-refractivity contribution in [2.45, 2.75) is 63.9 Å². The quantitative estimate of drug-likeness (QED) is 0.574. The Bertz CT molecular complexity index is 1250. The second kappa shape index (κ2) is 8.65. The molecule has 34 heavy (non-hydrogen) atoms. The number of rotatable bonds is 4. The van der Waals surface area contributed by atoms with Crippen LogP contribution in [0.1, 0.15) is 63.0 Å². The summed E-state index contributed by atoms with van der Waals surface area (Å²) in [7, 11) is 1.45. The van der Waals surface area contributed by atoms with Crippen LogP contribution in [0.3, 0.4) is 0 Å². The number of β-amino-alcohol motifs (C(OH)–C–C–N with tert-alkyl or cyclic N) is 1. The average Bonchev–Trinajstić information content (AvgIpc) is 2.82. The van der Waals surface area contributed by atoms with Crippen LogP contribution in [0.2, 0.25) is 0 Å². The number of phenols is 1. The van der Waals surface area contributed by atoms with E-state index in [0.29, 0.717) is 42.2 Å². The Labute approximate surface area is 198 Å². The van der Waals surface area contributed by atoms with Crippen molar-refractivity contribution < 1.29 is 19.3 Å². The van der Waals surface area contributed by atoms with Crippen LogP contribution >= 0.6 is 0 Å². The molecule has 2 aromatic heterocycles. The van der Waals surface area contributed by atoms with Gasteiger partial charge in [0.2, 0.25) is 0 Å². The van der Waals surface area contributed by atoms with Crippen molar-refractivity contribution in [3.63, 3.8) is 0 Å². The highest BCUT2D eigenvalue weighted by Gasteiger charge is 2.32. The number of methoxy groups -OCH3 is 1. The van der Waals surface area contributed by atoms with Gasteiger partial charge < -0.3 is 19.8 Å². The number of ether oxygens (including phenoxy) is 1.